The van der Waals surface area contributed by atoms with Crippen molar-refractivity contribution in [3.63, 3.8) is 0 Å². The van der Waals surface area contributed by atoms with E-state index in [0.717, 1.165) is 53.1 Å². The van der Waals surface area contributed by atoms with E-state index in [9.17, 15) is 0 Å². The highest BCUT2D eigenvalue weighted by molar-refractivity contribution is 6.04. The summed E-state index contributed by atoms with van der Waals surface area (Å²) in [6.45, 7) is 1.81. The normalized spacial score (nSPS) is 14.6. The molecule has 1 aliphatic rings. The van der Waals surface area contributed by atoms with E-state index in [4.69, 9.17) is 14.7 Å². The Morgan fingerprint density at radius 2 is 1.70 bits per heavy atom. The fourth-order valence-corrected chi connectivity index (χ4v) is 4.50. The molecular formula is C26H30N6O. The summed E-state index contributed by atoms with van der Waals surface area (Å²) in [7, 11) is 1.66. The van der Waals surface area contributed by atoms with E-state index in [2.05, 4.69) is 20.8 Å². The van der Waals surface area contributed by atoms with E-state index >= 15 is 0 Å². The van der Waals surface area contributed by atoms with Crippen LogP contribution in [0.4, 0.5) is 5.82 Å². The molecule has 0 amide bonds. The first kappa shape index (κ1) is 21.5. The van der Waals surface area contributed by atoms with Gasteiger partial charge in [0.25, 0.3) is 0 Å². The molecule has 5 rings (SSSR count). The molecule has 1 aliphatic carbocycles. The lowest BCUT2D eigenvalue weighted by atomic mass is 9.95. The third-order valence-electron chi connectivity index (χ3n) is 6.33. The number of ether oxygens (including phenoxy) is 1. The number of methoxy groups -OCH3 is 1. The zero-order chi connectivity index (χ0) is 22.5. The highest BCUT2D eigenvalue weighted by Crippen LogP contribution is 2.28. The number of fused-ring (bicyclic) bond motifs is 3. The van der Waals surface area contributed by atoms with Crippen molar-refractivity contribution in [3.05, 3.63) is 48.5 Å². The molecule has 0 spiro atoms. The maximum absolute atomic E-state index is 5.30. The molecule has 1 saturated carbocycles. The average molecular weight is 443 g/mol. The third-order valence-corrected chi connectivity index (χ3v) is 6.33. The molecule has 0 bridgehead atoms. The van der Waals surface area contributed by atoms with Crippen molar-refractivity contribution in [2.45, 2.75) is 44.6 Å². The summed E-state index contributed by atoms with van der Waals surface area (Å²) in [6.07, 6.45) is 7.70. The standard InChI is InChI=1S/C26H30N6O/c1-33-20-14-12-18(13-15-20)25-29-23-21-10-5-6-11-22(21)31-32-24(23)26(30-25)28-17-7-16-27-19-8-3-2-4-9-19/h5-6,10-15,19,27H,2-4,7-9,16-17H2,1H3,(H,28,29,30). The molecule has 0 atom stereocenters. The van der Waals surface area contributed by atoms with Crippen molar-refractivity contribution >= 4 is 27.8 Å². The first-order chi connectivity index (χ1) is 16.3. The Bertz CT molecular complexity index is 1220. The van der Waals surface area contributed by atoms with Crippen LogP contribution < -0.4 is 15.4 Å². The predicted octanol–water partition coefficient (Wildman–Crippen LogP) is 4.97. The predicted molar refractivity (Wildman–Crippen MR) is 133 cm³/mol. The van der Waals surface area contributed by atoms with Gasteiger partial charge < -0.3 is 15.4 Å². The van der Waals surface area contributed by atoms with Crippen LogP contribution in [0.1, 0.15) is 38.5 Å². The number of hydrogen-bond acceptors (Lipinski definition) is 7. The van der Waals surface area contributed by atoms with Gasteiger partial charge in [-0.1, -0.05) is 37.5 Å². The summed E-state index contributed by atoms with van der Waals surface area (Å²) in [5, 5.41) is 17.1. The zero-order valence-corrected chi connectivity index (χ0v) is 19.1. The van der Waals surface area contributed by atoms with Gasteiger partial charge in [-0.05, 0) is 56.1 Å². The minimum Gasteiger partial charge on any atom is -0.497 e. The molecule has 2 heterocycles. The van der Waals surface area contributed by atoms with Crippen LogP contribution >= 0.6 is 0 Å². The molecule has 7 nitrogen and oxygen atoms in total. The lowest BCUT2D eigenvalue weighted by Crippen LogP contribution is -2.32. The minimum absolute atomic E-state index is 0.658. The molecule has 2 N–H and O–H groups in total. The monoisotopic (exact) mass is 442 g/mol. The van der Waals surface area contributed by atoms with Crippen LogP contribution in [0, 0.1) is 0 Å². The van der Waals surface area contributed by atoms with E-state index < -0.39 is 0 Å². The van der Waals surface area contributed by atoms with E-state index in [0.29, 0.717) is 17.4 Å². The van der Waals surface area contributed by atoms with Crippen LogP contribution in [0.25, 0.3) is 33.3 Å². The molecular weight excluding hydrogens is 412 g/mol. The highest BCUT2D eigenvalue weighted by atomic mass is 16.5. The van der Waals surface area contributed by atoms with Crippen molar-refractivity contribution < 1.29 is 4.74 Å². The molecule has 33 heavy (non-hydrogen) atoms. The fraction of sp³-hybridized carbons (Fsp3) is 0.385. The number of aromatic nitrogens is 4. The second-order valence-electron chi connectivity index (χ2n) is 8.61. The molecule has 2 aromatic carbocycles. The fourth-order valence-electron chi connectivity index (χ4n) is 4.50. The number of anilines is 1. The SMILES string of the molecule is COc1ccc(-c2nc(NCCCNC3CCCCC3)c3nnc4ccccc4c3n2)cc1. The van der Waals surface area contributed by atoms with Gasteiger partial charge in [-0.3, -0.25) is 0 Å². The summed E-state index contributed by atoms with van der Waals surface area (Å²) in [6, 6.07) is 16.5. The Kier molecular flexibility index (Phi) is 6.58. The Balaban J connectivity index is 1.41. The summed E-state index contributed by atoms with van der Waals surface area (Å²) in [5.74, 6) is 2.19. The van der Waals surface area contributed by atoms with Crippen molar-refractivity contribution in [2.75, 3.05) is 25.5 Å². The second-order valence-corrected chi connectivity index (χ2v) is 8.61. The van der Waals surface area contributed by atoms with Crippen molar-refractivity contribution in [3.8, 4) is 17.1 Å². The number of nitrogens with zero attached hydrogens (tertiary/aromatic N) is 4. The first-order valence-corrected chi connectivity index (χ1v) is 11.9. The van der Waals surface area contributed by atoms with Gasteiger partial charge in [-0.2, -0.15) is 0 Å². The molecule has 0 saturated heterocycles. The van der Waals surface area contributed by atoms with Crippen LogP contribution in [0.5, 0.6) is 5.75 Å². The van der Waals surface area contributed by atoms with Crippen LogP contribution in [-0.2, 0) is 0 Å². The van der Waals surface area contributed by atoms with E-state index in [1.54, 1.807) is 7.11 Å². The molecule has 7 heteroatoms. The van der Waals surface area contributed by atoms with Gasteiger partial charge >= 0.3 is 0 Å². The van der Waals surface area contributed by atoms with Gasteiger partial charge in [0.2, 0.25) is 0 Å². The van der Waals surface area contributed by atoms with Crippen LogP contribution in [0.2, 0.25) is 0 Å². The number of rotatable bonds is 8. The second kappa shape index (κ2) is 10.1. The zero-order valence-electron chi connectivity index (χ0n) is 19.1. The number of hydrogen-bond donors (Lipinski definition) is 2. The van der Waals surface area contributed by atoms with Crippen LogP contribution in [0.3, 0.4) is 0 Å². The summed E-state index contributed by atoms with van der Waals surface area (Å²) in [4.78, 5) is 9.72. The minimum atomic E-state index is 0.658. The van der Waals surface area contributed by atoms with Crippen molar-refractivity contribution in [2.24, 2.45) is 0 Å². The van der Waals surface area contributed by atoms with Gasteiger partial charge in [-0.25, -0.2) is 9.97 Å². The van der Waals surface area contributed by atoms with Gasteiger partial charge in [0.1, 0.15) is 11.3 Å². The quantitative estimate of drug-likeness (QED) is 0.294. The molecule has 1 fully saturated rings. The molecule has 2 aromatic heterocycles. The Labute approximate surface area is 194 Å². The Morgan fingerprint density at radius 1 is 0.879 bits per heavy atom. The average Bonchev–Trinajstić information content (AvgIpc) is 2.89. The topological polar surface area (TPSA) is 84.9 Å². The highest BCUT2D eigenvalue weighted by Gasteiger charge is 2.15. The molecule has 0 radical (unpaired) electrons. The van der Waals surface area contributed by atoms with Gasteiger partial charge in [0.05, 0.1) is 12.6 Å². The Morgan fingerprint density at radius 3 is 2.52 bits per heavy atom. The largest absolute Gasteiger partial charge is 0.497 e. The summed E-state index contributed by atoms with van der Waals surface area (Å²) in [5.41, 5.74) is 3.27. The number of benzene rings is 2. The van der Waals surface area contributed by atoms with Gasteiger partial charge in [-0.15, -0.1) is 10.2 Å². The lowest BCUT2D eigenvalue weighted by Gasteiger charge is -2.22. The summed E-state index contributed by atoms with van der Waals surface area (Å²) < 4.78 is 5.30. The number of nitrogens with one attached hydrogen (secondary N) is 2. The molecule has 170 valence electrons. The maximum Gasteiger partial charge on any atom is 0.162 e. The summed E-state index contributed by atoms with van der Waals surface area (Å²) >= 11 is 0. The van der Waals surface area contributed by atoms with E-state index in [1.807, 2.05) is 48.5 Å². The smallest absolute Gasteiger partial charge is 0.162 e. The lowest BCUT2D eigenvalue weighted by molar-refractivity contribution is 0.373. The van der Waals surface area contributed by atoms with Gasteiger partial charge in [0.15, 0.2) is 17.2 Å². The third kappa shape index (κ3) is 4.88. The van der Waals surface area contributed by atoms with Crippen molar-refractivity contribution in [1.82, 2.24) is 25.5 Å². The molecule has 0 unspecified atom stereocenters. The Hall–Kier alpha value is -3.32. The van der Waals surface area contributed by atoms with E-state index in [-0.39, 0.29) is 0 Å². The molecule has 0 aliphatic heterocycles. The van der Waals surface area contributed by atoms with Crippen LogP contribution in [-0.4, -0.2) is 46.4 Å². The first-order valence-electron chi connectivity index (χ1n) is 11.9. The maximum atomic E-state index is 5.30. The molecule has 4 aromatic rings. The van der Waals surface area contributed by atoms with E-state index in [1.165, 1.54) is 32.1 Å². The van der Waals surface area contributed by atoms with Gasteiger partial charge in [0, 0.05) is 23.5 Å². The van der Waals surface area contributed by atoms with Crippen molar-refractivity contribution in [1.29, 1.82) is 0 Å². The van der Waals surface area contributed by atoms with Crippen LogP contribution in [0.15, 0.2) is 48.5 Å².